The summed E-state index contributed by atoms with van der Waals surface area (Å²) in [7, 11) is 5.59. The van der Waals surface area contributed by atoms with E-state index in [1.165, 1.54) is 7.11 Å². The number of aliphatic hydroxyl groups excluding tert-OH is 2. The first-order chi connectivity index (χ1) is 22.4. The normalized spacial score (nSPS) is 34.0. The van der Waals surface area contributed by atoms with Gasteiger partial charge in [0, 0.05) is 45.3 Å². The number of Topliss-reactive ketones (excluding diaryl/α,β-unsaturated/α-hetero) is 1. The number of methoxy groups -OCH3 is 1. The van der Waals surface area contributed by atoms with Gasteiger partial charge >= 0.3 is 5.97 Å². The Morgan fingerprint density at radius 1 is 1.04 bits per heavy atom. The van der Waals surface area contributed by atoms with Crippen LogP contribution in [0.15, 0.2) is 11.3 Å². The van der Waals surface area contributed by atoms with Gasteiger partial charge in [-0.15, -0.1) is 0 Å². The number of carbonyl (C=O) groups is 2. The topological polar surface area (TPSA) is 133 Å². The van der Waals surface area contributed by atoms with Crippen LogP contribution >= 0.6 is 0 Å². The number of esters is 1. The molecule has 0 aliphatic carbocycles. The highest BCUT2D eigenvalue weighted by Crippen LogP contribution is 2.43. The van der Waals surface area contributed by atoms with Crippen LogP contribution in [0.25, 0.3) is 0 Å². The number of allylic oxidation sites excluding steroid dienone is 1. The van der Waals surface area contributed by atoms with E-state index in [9.17, 15) is 19.8 Å². The molecule has 0 aromatic carbocycles. The van der Waals surface area contributed by atoms with E-state index in [1.807, 2.05) is 69.5 Å². The summed E-state index contributed by atoms with van der Waals surface area (Å²) in [5.41, 5.74) is 0.571. The highest BCUT2D eigenvalue weighted by Gasteiger charge is 2.44. The highest BCUT2D eigenvalue weighted by molar-refractivity contribution is 5.82. The molecule has 2 fully saturated rings. The lowest BCUT2D eigenvalue weighted by atomic mass is 9.82. The molecule has 13 atom stereocenters. The highest BCUT2D eigenvalue weighted by atomic mass is 16.7. The van der Waals surface area contributed by atoms with Crippen molar-refractivity contribution in [3.63, 3.8) is 0 Å². The standard InChI is InChI=1S/C29H50O8.C8H17NO2/c1-11-22(30)19(6)27-18(5)15-29(9,37-27)14-17(4)26(20(7)28(32)36-23(12-2)33-10)35-24-13-16(3)25(31)21(8)34-24;1-6-4-7(9(2)3)5-8(10)11-6/h16-17,19-21,23-26,31H,11-15H2,1-10H3;6-8,10H,4-5H2,1-3H3/t16?,17?,19-,20?,21?,23?,24+,25-,26?,29-;/m1./s1. The Morgan fingerprint density at radius 3 is 2.21 bits per heavy atom. The lowest BCUT2D eigenvalue weighted by Gasteiger charge is -2.41. The van der Waals surface area contributed by atoms with Crippen LogP contribution in [0.5, 0.6) is 0 Å². The maximum Gasteiger partial charge on any atom is 0.313 e. The van der Waals surface area contributed by atoms with Gasteiger partial charge in [0.05, 0.1) is 36.3 Å². The number of ketones is 1. The second-order valence-corrected chi connectivity index (χ2v) is 15.0. The van der Waals surface area contributed by atoms with Gasteiger partial charge < -0.3 is 43.5 Å². The fourth-order valence-electron chi connectivity index (χ4n) is 7.33. The van der Waals surface area contributed by atoms with Crippen LogP contribution in [0, 0.1) is 23.7 Å². The molecule has 0 saturated carbocycles. The van der Waals surface area contributed by atoms with Crippen molar-refractivity contribution in [1.29, 1.82) is 0 Å². The van der Waals surface area contributed by atoms with Crippen LogP contribution in [0.4, 0.5) is 0 Å². The van der Waals surface area contributed by atoms with Crippen LogP contribution < -0.4 is 0 Å². The molecule has 0 aromatic rings. The second kappa shape index (κ2) is 19.1. The van der Waals surface area contributed by atoms with E-state index in [0.717, 1.165) is 24.2 Å². The maximum atomic E-state index is 13.1. The average Bonchev–Trinajstić information content (AvgIpc) is 3.32. The second-order valence-electron chi connectivity index (χ2n) is 15.0. The van der Waals surface area contributed by atoms with Gasteiger partial charge in [0.2, 0.25) is 6.29 Å². The average molecular weight is 686 g/mol. The summed E-state index contributed by atoms with van der Waals surface area (Å²) < 4.78 is 35.0. The fourth-order valence-corrected chi connectivity index (χ4v) is 7.33. The Kier molecular flexibility index (Phi) is 17.0. The van der Waals surface area contributed by atoms with Crippen LogP contribution in [0.1, 0.15) is 114 Å². The van der Waals surface area contributed by atoms with E-state index < -0.39 is 48.6 Å². The van der Waals surface area contributed by atoms with Crippen molar-refractivity contribution in [2.75, 3.05) is 21.2 Å². The summed E-state index contributed by atoms with van der Waals surface area (Å²) in [5, 5.41) is 19.6. The van der Waals surface area contributed by atoms with Gasteiger partial charge in [-0.2, -0.15) is 0 Å². The van der Waals surface area contributed by atoms with Gasteiger partial charge in [-0.3, -0.25) is 9.59 Å². The Morgan fingerprint density at radius 2 is 1.69 bits per heavy atom. The van der Waals surface area contributed by atoms with E-state index in [1.54, 1.807) is 0 Å². The zero-order valence-corrected chi connectivity index (χ0v) is 32.0. The van der Waals surface area contributed by atoms with Gasteiger partial charge in [0.15, 0.2) is 12.6 Å². The van der Waals surface area contributed by atoms with Crippen molar-refractivity contribution in [1.82, 2.24) is 4.90 Å². The number of ether oxygens (including phenoxy) is 6. The summed E-state index contributed by atoms with van der Waals surface area (Å²) in [6, 6.07) is 0.466. The third-order valence-electron chi connectivity index (χ3n) is 10.2. The van der Waals surface area contributed by atoms with Crippen molar-refractivity contribution in [2.24, 2.45) is 23.7 Å². The molecule has 2 N–H and O–H groups in total. The van der Waals surface area contributed by atoms with Crippen LogP contribution in [-0.4, -0.2) is 103 Å². The molecule has 0 spiro atoms. The molecule has 0 aromatic heterocycles. The first kappa shape index (κ1) is 42.6. The van der Waals surface area contributed by atoms with Crippen molar-refractivity contribution >= 4 is 11.8 Å². The third-order valence-corrected chi connectivity index (χ3v) is 10.2. The fraction of sp³-hybridized carbons (Fsp3) is 0.892. The molecule has 0 radical (unpaired) electrons. The van der Waals surface area contributed by atoms with Crippen molar-refractivity contribution in [3.05, 3.63) is 11.3 Å². The summed E-state index contributed by atoms with van der Waals surface area (Å²) >= 11 is 0. The van der Waals surface area contributed by atoms with Gasteiger partial charge in [0.1, 0.15) is 17.1 Å². The predicted octanol–water partition coefficient (Wildman–Crippen LogP) is 5.59. The number of aliphatic hydroxyl groups is 2. The van der Waals surface area contributed by atoms with Crippen molar-refractivity contribution in [3.8, 4) is 0 Å². The molecule has 3 aliphatic rings. The van der Waals surface area contributed by atoms with E-state index in [-0.39, 0.29) is 35.7 Å². The van der Waals surface area contributed by atoms with E-state index in [4.69, 9.17) is 28.4 Å². The van der Waals surface area contributed by atoms with Crippen molar-refractivity contribution < 1.29 is 48.2 Å². The van der Waals surface area contributed by atoms with E-state index in [2.05, 4.69) is 18.7 Å². The Balaban J connectivity index is 0.000000613. The number of nitrogens with zero attached hydrogens (tertiary/aromatic N) is 1. The molecule has 280 valence electrons. The molecule has 3 rings (SSSR count). The summed E-state index contributed by atoms with van der Waals surface area (Å²) in [5.74, 6) is -0.407. The monoisotopic (exact) mass is 685 g/mol. The van der Waals surface area contributed by atoms with Crippen LogP contribution in [-0.2, 0) is 38.0 Å². The predicted molar refractivity (Wildman–Crippen MR) is 184 cm³/mol. The molecule has 0 amide bonds. The molecule has 11 nitrogen and oxygen atoms in total. The lowest BCUT2D eigenvalue weighted by Crippen LogP contribution is -2.47. The molecule has 11 heteroatoms. The quantitative estimate of drug-likeness (QED) is 0.175. The smallest absolute Gasteiger partial charge is 0.313 e. The molecular formula is C37H67NO10. The lowest BCUT2D eigenvalue weighted by molar-refractivity contribution is -0.262. The molecule has 3 heterocycles. The Bertz CT molecular complexity index is 1030. The zero-order chi connectivity index (χ0) is 36.5. The van der Waals surface area contributed by atoms with E-state index >= 15 is 0 Å². The first-order valence-electron chi connectivity index (χ1n) is 18.0. The number of carbonyl (C=O) groups excluding carboxylic acids is 2. The molecule has 2 saturated heterocycles. The summed E-state index contributed by atoms with van der Waals surface area (Å²) in [6.07, 6.45) is 1.64. The number of hydrogen-bond acceptors (Lipinski definition) is 11. The Labute approximate surface area is 290 Å². The maximum absolute atomic E-state index is 13.1. The van der Waals surface area contributed by atoms with Crippen LogP contribution in [0.3, 0.4) is 0 Å². The zero-order valence-electron chi connectivity index (χ0n) is 32.0. The molecule has 3 aliphatic heterocycles. The molecule has 0 bridgehead atoms. The number of hydrogen-bond donors (Lipinski definition) is 2. The minimum absolute atomic E-state index is 0.00704. The summed E-state index contributed by atoms with van der Waals surface area (Å²) in [6.45, 7) is 19.4. The summed E-state index contributed by atoms with van der Waals surface area (Å²) in [4.78, 5) is 27.6. The molecule has 48 heavy (non-hydrogen) atoms. The molecule has 9 unspecified atom stereocenters. The van der Waals surface area contributed by atoms with Gasteiger partial charge in [-0.25, -0.2) is 0 Å². The van der Waals surface area contributed by atoms with E-state index in [0.29, 0.717) is 38.1 Å². The van der Waals surface area contributed by atoms with Gasteiger partial charge in [0.25, 0.3) is 0 Å². The SMILES string of the molecule is CC1CC(N(C)C)CC(O)O1.CCC(=O)[C@@H](C)C1=C(C)C[C@@](C)(CC(C)C(O[C@H]2CC(C)[C@@H](O)C(C)O2)C(C)C(=O)OC(CC)OC)O1. The van der Waals surface area contributed by atoms with Crippen LogP contribution in [0.2, 0.25) is 0 Å². The van der Waals surface area contributed by atoms with Gasteiger partial charge in [-0.05, 0) is 85.9 Å². The minimum Gasteiger partial charge on any atom is -0.491 e. The third kappa shape index (κ3) is 12.0. The number of rotatable bonds is 14. The minimum atomic E-state index is -0.616. The largest absolute Gasteiger partial charge is 0.491 e. The molecular weight excluding hydrogens is 618 g/mol. The van der Waals surface area contributed by atoms with Crippen molar-refractivity contribution in [2.45, 2.75) is 169 Å². The van der Waals surface area contributed by atoms with Gasteiger partial charge in [-0.1, -0.05) is 27.7 Å². The first-order valence-corrected chi connectivity index (χ1v) is 18.0. The Hall–Kier alpha value is -1.60.